The molecule has 0 N–H and O–H groups in total. The Morgan fingerprint density at radius 3 is 2.30 bits per heavy atom. The lowest BCUT2D eigenvalue weighted by atomic mass is 10.0. The maximum Gasteiger partial charge on any atom is 0.573 e. The number of nitrogens with zero attached hydrogens (tertiary/aromatic N) is 4. The zero-order valence-electron chi connectivity index (χ0n) is 20.6. The van der Waals surface area contributed by atoms with E-state index in [4.69, 9.17) is 0 Å². The van der Waals surface area contributed by atoms with Gasteiger partial charge in [-0.1, -0.05) is 6.07 Å². The number of imide groups is 1. The second-order valence-corrected chi connectivity index (χ2v) is 9.83. The highest BCUT2D eigenvalue weighted by Gasteiger charge is 2.51. The van der Waals surface area contributed by atoms with Gasteiger partial charge in [0.2, 0.25) is 0 Å². The van der Waals surface area contributed by atoms with Crippen LogP contribution in [0.1, 0.15) is 38.7 Å². The van der Waals surface area contributed by atoms with Gasteiger partial charge in [0, 0.05) is 36.9 Å². The van der Waals surface area contributed by atoms with Gasteiger partial charge in [-0.05, 0) is 81.1 Å². The van der Waals surface area contributed by atoms with Crippen LogP contribution in [-0.2, 0) is 11.3 Å². The van der Waals surface area contributed by atoms with Crippen molar-refractivity contribution in [1.29, 1.82) is 0 Å². The molecule has 2 aliphatic heterocycles. The van der Waals surface area contributed by atoms with Crippen LogP contribution < -0.4 is 14.5 Å². The molecule has 37 heavy (non-hydrogen) atoms. The summed E-state index contributed by atoms with van der Waals surface area (Å²) in [4.78, 5) is 36.1. The topological polar surface area (TPSA) is 66.0 Å². The highest BCUT2D eigenvalue weighted by Crippen LogP contribution is 2.36. The van der Waals surface area contributed by atoms with Crippen LogP contribution in [0.3, 0.4) is 0 Å². The summed E-state index contributed by atoms with van der Waals surface area (Å²) in [5.41, 5.74) is 1.79. The zero-order chi connectivity index (χ0) is 26.4. The minimum atomic E-state index is -4.83. The molecule has 5 rings (SSSR count). The van der Waals surface area contributed by atoms with E-state index >= 15 is 0 Å². The number of benzene rings is 2. The van der Waals surface area contributed by atoms with E-state index in [0.29, 0.717) is 0 Å². The number of carbonyl (C=O) groups excluding carboxylic acids is 2. The number of piperidine rings is 1. The number of fused-ring (bicyclic) bond motifs is 1. The molecular weight excluding hydrogens is 485 g/mol. The highest BCUT2D eigenvalue weighted by atomic mass is 19.4. The third kappa shape index (κ3) is 4.80. The SMILES string of the molecule is CC1(C)C(=O)N(c2ccc(OC(F)(F)F)cc2)C(=O)N1Cc1ccnc2cc(N3CCCCC3)ccc12. The average molecular weight is 513 g/mol. The van der Waals surface area contributed by atoms with Gasteiger partial charge in [0.15, 0.2) is 0 Å². The van der Waals surface area contributed by atoms with Gasteiger partial charge in [0.25, 0.3) is 5.91 Å². The van der Waals surface area contributed by atoms with Crippen molar-refractivity contribution in [2.45, 2.75) is 51.6 Å². The van der Waals surface area contributed by atoms with Crippen molar-refractivity contribution in [3.63, 3.8) is 0 Å². The van der Waals surface area contributed by atoms with Crippen molar-refractivity contribution in [2.75, 3.05) is 22.9 Å². The van der Waals surface area contributed by atoms with Crippen LogP contribution in [0.5, 0.6) is 5.75 Å². The number of rotatable bonds is 5. The molecule has 3 amide bonds. The van der Waals surface area contributed by atoms with Crippen LogP contribution in [0, 0.1) is 0 Å². The van der Waals surface area contributed by atoms with Gasteiger partial charge < -0.3 is 14.5 Å². The molecule has 2 aliphatic rings. The van der Waals surface area contributed by atoms with Gasteiger partial charge >= 0.3 is 12.4 Å². The van der Waals surface area contributed by atoms with E-state index < -0.39 is 29.6 Å². The Morgan fingerprint density at radius 1 is 0.946 bits per heavy atom. The predicted molar refractivity (Wildman–Crippen MR) is 133 cm³/mol. The molecule has 7 nitrogen and oxygen atoms in total. The maximum absolute atomic E-state index is 13.4. The summed E-state index contributed by atoms with van der Waals surface area (Å²) in [6.45, 7) is 5.52. The zero-order valence-corrected chi connectivity index (χ0v) is 20.6. The third-order valence-corrected chi connectivity index (χ3v) is 7.02. The molecule has 0 radical (unpaired) electrons. The second kappa shape index (κ2) is 9.24. The molecule has 1 aromatic heterocycles. The molecule has 10 heteroatoms. The van der Waals surface area contributed by atoms with Crippen molar-refractivity contribution >= 4 is 34.2 Å². The lowest BCUT2D eigenvalue weighted by Gasteiger charge is -2.29. The largest absolute Gasteiger partial charge is 0.573 e. The molecule has 2 fully saturated rings. The molecule has 0 bridgehead atoms. The molecule has 3 aromatic rings. The van der Waals surface area contributed by atoms with Gasteiger partial charge in [0.1, 0.15) is 11.3 Å². The van der Waals surface area contributed by atoms with Gasteiger partial charge in [-0.3, -0.25) is 9.78 Å². The predicted octanol–water partition coefficient (Wildman–Crippen LogP) is 5.87. The van der Waals surface area contributed by atoms with Crippen LogP contribution in [0.2, 0.25) is 0 Å². The number of pyridine rings is 1. The molecule has 0 saturated carbocycles. The van der Waals surface area contributed by atoms with Crippen LogP contribution in [0.25, 0.3) is 10.9 Å². The minimum Gasteiger partial charge on any atom is -0.406 e. The molecule has 2 aromatic carbocycles. The Kier molecular flexibility index (Phi) is 6.21. The fraction of sp³-hybridized carbons (Fsp3) is 0.370. The van der Waals surface area contributed by atoms with E-state index in [2.05, 4.69) is 26.8 Å². The molecule has 0 spiro atoms. The van der Waals surface area contributed by atoms with Crippen LogP contribution in [0.4, 0.5) is 29.3 Å². The van der Waals surface area contributed by atoms with E-state index in [-0.39, 0.29) is 12.2 Å². The minimum absolute atomic E-state index is 0.172. The molecule has 0 atom stereocenters. The number of ether oxygens (including phenoxy) is 1. The van der Waals surface area contributed by atoms with Gasteiger partial charge in [-0.25, -0.2) is 9.69 Å². The summed E-state index contributed by atoms with van der Waals surface area (Å²) < 4.78 is 41.4. The lowest BCUT2D eigenvalue weighted by Crippen LogP contribution is -2.43. The van der Waals surface area contributed by atoms with Gasteiger partial charge in [-0.2, -0.15) is 0 Å². The normalized spacial score (nSPS) is 18.1. The van der Waals surface area contributed by atoms with E-state index in [0.717, 1.165) is 52.3 Å². The number of anilines is 2. The first kappa shape index (κ1) is 24.9. The smallest absolute Gasteiger partial charge is 0.406 e. The molecular formula is C27H27F3N4O3. The number of hydrogen-bond acceptors (Lipinski definition) is 5. The Hall–Kier alpha value is -3.82. The number of urea groups is 1. The van der Waals surface area contributed by atoms with Crippen LogP contribution in [0.15, 0.2) is 54.7 Å². The summed E-state index contributed by atoms with van der Waals surface area (Å²) in [5.74, 6) is -0.897. The van der Waals surface area contributed by atoms with E-state index in [1.165, 1.54) is 36.3 Å². The second-order valence-electron chi connectivity index (χ2n) is 9.83. The number of amides is 3. The van der Waals surface area contributed by atoms with E-state index in [9.17, 15) is 22.8 Å². The number of halogens is 3. The fourth-order valence-corrected chi connectivity index (χ4v) is 4.98. The van der Waals surface area contributed by atoms with Crippen molar-refractivity contribution < 1.29 is 27.5 Å². The molecule has 0 unspecified atom stereocenters. The first-order chi connectivity index (χ1) is 17.5. The number of aromatic nitrogens is 1. The highest BCUT2D eigenvalue weighted by molar-refractivity contribution is 6.23. The molecule has 2 saturated heterocycles. The first-order valence-corrected chi connectivity index (χ1v) is 12.2. The van der Waals surface area contributed by atoms with Crippen LogP contribution in [-0.4, -0.2) is 46.8 Å². The number of alkyl halides is 3. The standard InChI is InChI=1S/C27H27F3N4O3/c1-26(2)24(35)34(19-6-9-21(10-7-19)37-27(28,29)30)25(36)33(26)17-18-12-13-31-23-16-20(8-11-22(18)23)32-14-4-3-5-15-32/h6-13,16H,3-5,14-15,17H2,1-2H3. The summed E-state index contributed by atoms with van der Waals surface area (Å²) in [6, 6.07) is 12.1. The molecule has 3 heterocycles. The van der Waals surface area contributed by atoms with Gasteiger partial charge in [0.05, 0.1) is 11.2 Å². The van der Waals surface area contributed by atoms with Crippen molar-refractivity contribution in [2.24, 2.45) is 0 Å². The monoisotopic (exact) mass is 512 g/mol. The summed E-state index contributed by atoms with van der Waals surface area (Å²) in [5, 5.41) is 0.895. The maximum atomic E-state index is 13.4. The molecule has 194 valence electrons. The van der Waals surface area contributed by atoms with Gasteiger partial charge in [-0.15, -0.1) is 13.2 Å². The average Bonchev–Trinajstić information content (AvgIpc) is 3.03. The van der Waals surface area contributed by atoms with Crippen LogP contribution >= 0.6 is 0 Å². The Bertz CT molecular complexity index is 1330. The third-order valence-electron chi connectivity index (χ3n) is 7.02. The Morgan fingerprint density at radius 2 is 1.62 bits per heavy atom. The van der Waals surface area contributed by atoms with Crippen molar-refractivity contribution in [1.82, 2.24) is 9.88 Å². The number of hydrogen-bond donors (Lipinski definition) is 0. The molecule has 0 aliphatic carbocycles. The quantitative estimate of drug-likeness (QED) is 0.400. The summed E-state index contributed by atoms with van der Waals surface area (Å²) in [6.07, 6.45) is 0.444. The number of carbonyl (C=O) groups is 2. The van der Waals surface area contributed by atoms with Crippen molar-refractivity contribution in [3.8, 4) is 5.75 Å². The fourth-order valence-electron chi connectivity index (χ4n) is 4.98. The summed E-state index contributed by atoms with van der Waals surface area (Å²) >= 11 is 0. The summed E-state index contributed by atoms with van der Waals surface area (Å²) in [7, 11) is 0. The lowest BCUT2D eigenvalue weighted by molar-refractivity contribution is -0.274. The van der Waals surface area contributed by atoms with E-state index in [1.807, 2.05) is 12.1 Å². The Labute approximate surface area is 212 Å². The Balaban J connectivity index is 1.41. The van der Waals surface area contributed by atoms with E-state index in [1.54, 1.807) is 20.0 Å². The first-order valence-electron chi connectivity index (χ1n) is 12.2. The van der Waals surface area contributed by atoms with Crippen molar-refractivity contribution in [3.05, 3.63) is 60.3 Å².